The molecule has 1 N–H and O–H groups in total. The van der Waals surface area contributed by atoms with Gasteiger partial charge in [-0.25, -0.2) is 4.98 Å². The van der Waals surface area contributed by atoms with Crippen LogP contribution in [0.4, 0.5) is 0 Å². The summed E-state index contributed by atoms with van der Waals surface area (Å²) in [7, 11) is 0. The van der Waals surface area contributed by atoms with Gasteiger partial charge >= 0.3 is 0 Å². The van der Waals surface area contributed by atoms with Gasteiger partial charge in [0, 0.05) is 6.42 Å². The molecule has 0 aliphatic carbocycles. The highest BCUT2D eigenvalue weighted by molar-refractivity contribution is 7.11. The molecule has 1 aromatic rings. The van der Waals surface area contributed by atoms with Gasteiger partial charge in [0.25, 0.3) is 0 Å². The third kappa shape index (κ3) is 3.29. The number of thiazole rings is 1. The molecule has 0 saturated carbocycles. The third-order valence-electron chi connectivity index (χ3n) is 2.38. The smallest absolute Gasteiger partial charge is 0.0951 e. The minimum Gasteiger partial charge on any atom is -0.385 e. The molecule has 16 heavy (non-hydrogen) atoms. The lowest BCUT2D eigenvalue weighted by molar-refractivity contribution is 0.0811. The van der Waals surface area contributed by atoms with E-state index in [9.17, 15) is 5.11 Å². The Morgan fingerprint density at radius 3 is 2.12 bits per heavy atom. The Morgan fingerprint density at radius 1 is 1.25 bits per heavy atom. The average molecular weight is 241 g/mol. The Morgan fingerprint density at radius 2 is 1.81 bits per heavy atom. The Kier molecular flexibility index (Phi) is 4.13. The molecule has 0 fully saturated rings. The number of aromatic nitrogens is 1. The summed E-state index contributed by atoms with van der Waals surface area (Å²) in [5, 5.41) is 11.3. The van der Waals surface area contributed by atoms with Crippen molar-refractivity contribution >= 4 is 11.3 Å². The molecule has 0 atom stereocenters. The van der Waals surface area contributed by atoms with E-state index in [-0.39, 0.29) is 0 Å². The summed E-state index contributed by atoms with van der Waals surface area (Å²) >= 11 is 1.66. The minimum atomic E-state index is -0.771. The fourth-order valence-corrected chi connectivity index (χ4v) is 3.08. The molecule has 0 aliphatic heterocycles. The van der Waals surface area contributed by atoms with Crippen LogP contribution in [-0.4, -0.2) is 10.1 Å². The van der Waals surface area contributed by atoms with E-state index >= 15 is 0 Å². The first-order chi connectivity index (χ1) is 7.21. The molecule has 3 heteroatoms. The maximum atomic E-state index is 10.1. The molecule has 0 saturated heterocycles. The highest BCUT2D eigenvalue weighted by Crippen LogP contribution is 2.34. The summed E-state index contributed by atoms with van der Waals surface area (Å²) in [5.41, 5.74) is 0.292. The second-order valence-electron chi connectivity index (χ2n) is 5.63. The van der Waals surface area contributed by atoms with Crippen molar-refractivity contribution in [2.75, 3.05) is 0 Å². The van der Waals surface area contributed by atoms with Gasteiger partial charge in [-0.3, -0.25) is 0 Å². The van der Waals surface area contributed by atoms with E-state index in [1.165, 1.54) is 0 Å². The average Bonchev–Trinajstić information content (AvgIpc) is 2.45. The van der Waals surface area contributed by atoms with Crippen molar-refractivity contribution in [2.24, 2.45) is 5.92 Å². The summed E-state index contributed by atoms with van der Waals surface area (Å²) in [6.45, 7) is 12.3. The van der Waals surface area contributed by atoms with Crippen LogP contribution in [0.25, 0.3) is 0 Å². The van der Waals surface area contributed by atoms with Gasteiger partial charge in [0.15, 0.2) is 0 Å². The molecule has 1 heterocycles. The monoisotopic (exact) mass is 241 g/mol. The largest absolute Gasteiger partial charge is 0.385 e. The van der Waals surface area contributed by atoms with Crippen LogP contribution < -0.4 is 0 Å². The van der Waals surface area contributed by atoms with Crippen molar-refractivity contribution in [3.63, 3.8) is 0 Å². The summed E-state index contributed by atoms with van der Waals surface area (Å²) in [5.74, 6) is 0.986. The zero-order valence-corrected chi connectivity index (χ0v) is 12.0. The highest BCUT2D eigenvalue weighted by Gasteiger charge is 2.26. The molecule has 0 radical (unpaired) electrons. The molecule has 92 valence electrons. The minimum absolute atomic E-state index is 0.374. The number of hydrogen-bond donors (Lipinski definition) is 1. The van der Waals surface area contributed by atoms with Crippen LogP contribution in [0.1, 0.15) is 63.0 Å². The van der Waals surface area contributed by atoms with Crippen molar-refractivity contribution in [1.29, 1.82) is 0 Å². The molecule has 2 nitrogen and oxygen atoms in total. The van der Waals surface area contributed by atoms with E-state index in [0.29, 0.717) is 11.8 Å². The van der Waals surface area contributed by atoms with Crippen molar-refractivity contribution in [2.45, 2.75) is 59.5 Å². The summed E-state index contributed by atoms with van der Waals surface area (Å²) in [6.07, 6.45) is 1.00. The maximum absolute atomic E-state index is 10.1. The molecular weight excluding hydrogens is 218 g/mol. The van der Waals surface area contributed by atoms with E-state index < -0.39 is 5.60 Å². The predicted octanol–water partition coefficient (Wildman–Crippen LogP) is 3.69. The standard InChI is InChI=1S/C13H23NOS/c1-8(2)7-10-14-11(9(3)4)12(16-10)13(5,6)15/h8-9,15H,7H2,1-6H3. The van der Waals surface area contributed by atoms with Crippen molar-refractivity contribution in [3.05, 3.63) is 15.6 Å². The zero-order chi connectivity index (χ0) is 12.5. The normalized spacial score (nSPS) is 12.8. The van der Waals surface area contributed by atoms with Crippen LogP contribution in [0.15, 0.2) is 0 Å². The molecule has 1 rings (SSSR count). The Bertz CT molecular complexity index is 347. The zero-order valence-electron chi connectivity index (χ0n) is 11.2. The van der Waals surface area contributed by atoms with Crippen LogP contribution in [-0.2, 0) is 12.0 Å². The summed E-state index contributed by atoms with van der Waals surface area (Å²) in [4.78, 5) is 5.70. The van der Waals surface area contributed by atoms with Gasteiger partial charge in [-0.1, -0.05) is 27.7 Å². The van der Waals surface area contributed by atoms with E-state index in [1.54, 1.807) is 11.3 Å². The lowest BCUT2D eigenvalue weighted by Gasteiger charge is -2.17. The SMILES string of the molecule is CC(C)Cc1nc(C(C)C)c(C(C)(C)O)s1. The number of hydrogen-bond acceptors (Lipinski definition) is 3. The fraction of sp³-hybridized carbons (Fsp3) is 0.769. The van der Waals surface area contributed by atoms with Crippen LogP contribution in [0.5, 0.6) is 0 Å². The van der Waals surface area contributed by atoms with Crippen molar-refractivity contribution in [1.82, 2.24) is 4.98 Å². The summed E-state index contributed by atoms with van der Waals surface area (Å²) < 4.78 is 0. The number of rotatable bonds is 4. The van der Waals surface area contributed by atoms with Gasteiger partial charge in [-0.05, 0) is 25.7 Å². The maximum Gasteiger partial charge on any atom is 0.0951 e. The Hall–Kier alpha value is -0.410. The number of nitrogens with zero attached hydrogens (tertiary/aromatic N) is 1. The van der Waals surface area contributed by atoms with Gasteiger partial charge in [0.2, 0.25) is 0 Å². The molecule has 0 bridgehead atoms. The second kappa shape index (κ2) is 4.84. The van der Waals surface area contributed by atoms with E-state index in [1.807, 2.05) is 13.8 Å². The van der Waals surface area contributed by atoms with Gasteiger partial charge in [0.05, 0.1) is 21.2 Å². The molecule has 0 aromatic carbocycles. The Labute approximate surface area is 103 Å². The van der Waals surface area contributed by atoms with Gasteiger partial charge in [0.1, 0.15) is 0 Å². The van der Waals surface area contributed by atoms with Crippen LogP contribution in [0.3, 0.4) is 0 Å². The molecule has 0 aliphatic rings. The van der Waals surface area contributed by atoms with E-state index in [4.69, 9.17) is 0 Å². The lowest BCUT2D eigenvalue weighted by Crippen LogP contribution is -2.16. The van der Waals surface area contributed by atoms with Crippen molar-refractivity contribution in [3.8, 4) is 0 Å². The fourth-order valence-electron chi connectivity index (χ4n) is 1.64. The van der Waals surface area contributed by atoms with Gasteiger partial charge in [-0.15, -0.1) is 11.3 Å². The first-order valence-corrected chi connectivity index (χ1v) is 6.76. The van der Waals surface area contributed by atoms with E-state index in [2.05, 4.69) is 32.7 Å². The molecular formula is C13H23NOS. The van der Waals surface area contributed by atoms with Gasteiger partial charge in [-0.2, -0.15) is 0 Å². The van der Waals surface area contributed by atoms with Crippen LogP contribution >= 0.6 is 11.3 Å². The third-order valence-corrected chi connectivity index (χ3v) is 3.79. The Balaban J connectivity index is 3.11. The predicted molar refractivity (Wildman–Crippen MR) is 70.0 cm³/mol. The molecule has 0 amide bonds. The van der Waals surface area contributed by atoms with Crippen LogP contribution in [0.2, 0.25) is 0 Å². The highest BCUT2D eigenvalue weighted by atomic mass is 32.1. The quantitative estimate of drug-likeness (QED) is 0.872. The van der Waals surface area contributed by atoms with Gasteiger partial charge < -0.3 is 5.11 Å². The lowest BCUT2D eigenvalue weighted by atomic mass is 10.0. The molecule has 0 unspecified atom stereocenters. The first-order valence-electron chi connectivity index (χ1n) is 5.94. The van der Waals surface area contributed by atoms with Crippen LogP contribution in [0, 0.1) is 5.92 Å². The number of aliphatic hydroxyl groups is 1. The summed E-state index contributed by atoms with van der Waals surface area (Å²) in [6, 6.07) is 0. The topological polar surface area (TPSA) is 33.1 Å². The molecule has 0 spiro atoms. The van der Waals surface area contributed by atoms with Crippen molar-refractivity contribution < 1.29 is 5.11 Å². The van der Waals surface area contributed by atoms with E-state index in [0.717, 1.165) is 22.0 Å². The first kappa shape index (κ1) is 13.7. The second-order valence-corrected chi connectivity index (χ2v) is 6.72. The molecule has 1 aromatic heterocycles.